The molecule has 2 aliphatic rings. The number of rotatable bonds is 3. The molecule has 1 fully saturated rings. The van der Waals surface area contributed by atoms with Crippen LogP contribution in [0.3, 0.4) is 0 Å². The molecular formula is C16H22FN3. The number of halogens is 1. The third-order valence-electron chi connectivity index (χ3n) is 4.85. The molecule has 0 aromatic heterocycles. The molecule has 0 radical (unpaired) electrons. The van der Waals surface area contributed by atoms with Gasteiger partial charge in [0.05, 0.1) is 12.1 Å². The van der Waals surface area contributed by atoms with Gasteiger partial charge in [0.15, 0.2) is 5.96 Å². The van der Waals surface area contributed by atoms with Crippen molar-refractivity contribution in [2.24, 2.45) is 10.7 Å². The van der Waals surface area contributed by atoms with Crippen LogP contribution in [-0.2, 0) is 5.54 Å². The maximum Gasteiger partial charge on any atom is 0.192 e. The summed E-state index contributed by atoms with van der Waals surface area (Å²) < 4.78 is 13.6. The van der Waals surface area contributed by atoms with Crippen LogP contribution in [0.25, 0.3) is 0 Å². The van der Waals surface area contributed by atoms with E-state index in [2.05, 4.69) is 16.8 Å². The minimum Gasteiger partial charge on any atom is -0.370 e. The largest absolute Gasteiger partial charge is 0.370 e. The van der Waals surface area contributed by atoms with Gasteiger partial charge in [0, 0.05) is 6.04 Å². The third-order valence-corrected chi connectivity index (χ3v) is 4.85. The summed E-state index contributed by atoms with van der Waals surface area (Å²) >= 11 is 0. The Morgan fingerprint density at radius 1 is 1.40 bits per heavy atom. The van der Waals surface area contributed by atoms with Gasteiger partial charge in [-0.15, -0.1) is 0 Å². The van der Waals surface area contributed by atoms with Gasteiger partial charge in [-0.2, -0.15) is 0 Å². The van der Waals surface area contributed by atoms with Gasteiger partial charge in [-0.25, -0.2) is 4.39 Å². The average Bonchev–Trinajstić information content (AvgIpc) is 3.06. The van der Waals surface area contributed by atoms with Crippen LogP contribution >= 0.6 is 0 Å². The molecule has 0 amide bonds. The molecule has 0 spiro atoms. The zero-order valence-corrected chi connectivity index (χ0v) is 12.0. The highest BCUT2D eigenvalue weighted by Gasteiger charge is 2.46. The number of aliphatic imine (C=N–C) groups is 1. The molecule has 1 aliphatic heterocycles. The van der Waals surface area contributed by atoms with Crippen molar-refractivity contribution in [2.45, 2.75) is 50.6 Å². The standard InChI is InChI=1S/C16H22FN3/c1-2-16(12-6-5-7-13(17)10-12)11-19-15(18)20(16)14-8-3-4-9-14/h5-7,10,14H,2-4,8-9,11H2,1H3,(H2,18,19). The van der Waals surface area contributed by atoms with Gasteiger partial charge < -0.3 is 10.6 Å². The quantitative estimate of drug-likeness (QED) is 0.921. The Kier molecular flexibility index (Phi) is 3.40. The fraction of sp³-hybridized carbons (Fsp3) is 0.562. The summed E-state index contributed by atoms with van der Waals surface area (Å²) in [7, 11) is 0. The molecule has 0 bridgehead atoms. The predicted octanol–water partition coefficient (Wildman–Crippen LogP) is 3.00. The first-order chi connectivity index (χ1) is 9.67. The molecule has 2 N–H and O–H groups in total. The molecule has 1 aromatic carbocycles. The molecule has 4 heteroatoms. The number of nitrogens with zero attached hydrogens (tertiary/aromatic N) is 2. The van der Waals surface area contributed by atoms with Gasteiger partial charge in [-0.05, 0) is 37.0 Å². The van der Waals surface area contributed by atoms with Crippen molar-refractivity contribution in [3.63, 3.8) is 0 Å². The Bertz CT molecular complexity index is 522. The van der Waals surface area contributed by atoms with E-state index < -0.39 is 0 Å². The number of benzene rings is 1. The van der Waals surface area contributed by atoms with Crippen molar-refractivity contribution in [1.29, 1.82) is 0 Å². The molecule has 1 atom stereocenters. The highest BCUT2D eigenvalue weighted by Crippen LogP contribution is 2.41. The lowest BCUT2D eigenvalue weighted by atomic mass is 9.85. The lowest BCUT2D eigenvalue weighted by molar-refractivity contribution is 0.142. The summed E-state index contributed by atoms with van der Waals surface area (Å²) in [6.45, 7) is 2.77. The Balaban J connectivity index is 2.02. The van der Waals surface area contributed by atoms with Crippen LogP contribution in [0.5, 0.6) is 0 Å². The van der Waals surface area contributed by atoms with Crippen LogP contribution in [0.1, 0.15) is 44.6 Å². The smallest absolute Gasteiger partial charge is 0.192 e. The van der Waals surface area contributed by atoms with E-state index in [9.17, 15) is 4.39 Å². The van der Waals surface area contributed by atoms with Gasteiger partial charge >= 0.3 is 0 Å². The van der Waals surface area contributed by atoms with E-state index >= 15 is 0 Å². The monoisotopic (exact) mass is 275 g/mol. The molecule has 20 heavy (non-hydrogen) atoms. The molecule has 1 unspecified atom stereocenters. The summed E-state index contributed by atoms with van der Waals surface area (Å²) in [5, 5.41) is 0. The molecule has 1 aromatic rings. The van der Waals surface area contributed by atoms with E-state index in [-0.39, 0.29) is 11.4 Å². The fourth-order valence-electron chi connectivity index (χ4n) is 3.78. The van der Waals surface area contributed by atoms with Gasteiger partial charge in [-0.3, -0.25) is 4.99 Å². The third kappa shape index (κ3) is 1.98. The zero-order valence-electron chi connectivity index (χ0n) is 12.0. The van der Waals surface area contributed by atoms with E-state index in [0.717, 1.165) is 24.8 Å². The summed E-state index contributed by atoms with van der Waals surface area (Å²) in [5.74, 6) is 0.440. The average molecular weight is 275 g/mol. The second kappa shape index (κ2) is 5.08. The number of hydrogen-bond acceptors (Lipinski definition) is 3. The van der Waals surface area contributed by atoms with Crippen LogP contribution in [0.15, 0.2) is 29.3 Å². The first kappa shape index (κ1) is 13.4. The summed E-state index contributed by atoms with van der Waals surface area (Å²) in [6, 6.07) is 7.36. The summed E-state index contributed by atoms with van der Waals surface area (Å²) in [4.78, 5) is 6.76. The van der Waals surface area contributed by atoms with Crippen LogP contribution in [0, 0.1) is 5.82 Å². The van der Waals surface area contributed by atoms with E-state index in [0.29, 0.717) is 18.5 Å². The van der Waals surface area contributed by atoms with E-state index in [4.69, 9.17) is 5.73 Å². The topological polar surface area (TPSA) is 41.6 Å². The lowest BCUT2D eigenvalue weighted by Crippen LogP contribution is -2.53. The first-order valence-corrected chi connectivity index (χ1v) is 7.52. The van der Waals surface area contributed by atoms with Crippen LogP contribution in [-0.4, -0.2) is 23.4 Å². The second-order valence-electron chi connectivity index (χ2n) is 5.88. The van der Waals surface area contributed by atoms with Crippen molar-refractivity contribution < 1.29 is 4.39 Å². The Morgan fingerprint density at radius 3 is 2.80 bits per heavy atom. The van der Waals surface area contributed by atoms with Crippen molar-refractivity contribution in [1.82, 2.24) is 4.90 Å². The van der Waals surface area contributed by atoms with Crippen molar-refractivity contribution >= 4 is 5.96 Å². The molecule has 1 saturated carbocycles. The summed E-state index contributed by atoms with van der Waals surface area (Å²) in [5.41, 5.74) is 6.90. The summed E-state index contributed by atoms with van der Waals surface area (Å²) in [6.07, 6.45) is 5.70. The SMILES string of the molecule is CCC1(c2cccc(F)c2)CN=C(N)N1C1CCCC1. The lowest BCUT2D eigenvalue weighted by Gasteiger charge is -2.43. The van der Waals surface area contributed by atoms with Gasteiger partial charge in [0.1, 0.15) is 5.82 Å². The molecule has 108 valence electrons. The minimum absolute atomic E-state index is 0.188. The molecule has 1 heterocycles. The number of nitrogens with two attached hydrogens (primary N) is 1. The van der Waals surface area contributed by atoms with Crippen LogP contribution in [0.4, 0.5) is 4.39 Å². The predicted molar refractivity (Wildman–Crippen MR) is 79.0 cm³/mol. The molecule has 1 aliphatic carbocycles. The van der Waals surface area contributed by atoms with Crippen LogP contribution < -0.4 is 5.73 Å². The molecule has 0 saturated heterocycles. The molecular weight excluding hydrogens is 253 g/mol. The van der Waals surface area contributed by atoms with E-state index in [1.54, 1.807) is 12.1 Å². The van der Waals surface area contributed by atoms with Gasteiger partial charge in [0.2, 0.25) is 0 Å². The van der Waals surface area contributed by atoms with Crippen molar-refractivity contribution in [3.8, 4) is 0 Å². The van der Waals surface area contributed by atoms with E-state index in [1.165, 1.54) is 18.9 Å². The van der Waals surface area contributed by atoms with Crippen LogP contribution in [0.2, 0.25) is 0 Å². The van der Waals surface area contributed by atoms with Gasteiger partial charge in [-0.1, -0.05) is 31.9 Å². The number of guanidine groups is 1. The Hall–Kier alpha value is -1.58. The number of hydrogen-bond donors (Lipinski definition) is 1. The van der Waals surface area contributed by atoms with Gasteiger partial charge in [0.25, 0.3) is 0 Å². The fourth-order valence-corrected chi connectivity index (χ4v) is 3.78. The maximum atomic E-state index is 13.6. The minimum atomic E-state index is -0.263. The highest BCUT2D eigenvalue weighted by atomic mass is 19.1. The zero-order chi connectivity index (χ0) is 14.2. The highest BCUT2D eigenvalue weighted by molar-refractivity contribution is 5.81. The maximum absolute atomic E-state index is 13.6. The molecule has 3 rings (SSSR count). The van der Waals surface area contributed by atoms with Crippen molar-refractivity contribution in [3.05, 3.63) is 35.6 Å². The van der Waals surface area contributed by atoms with Crippen molar-refractivity contribution in [2.75, 3.05) is 6.54 Å². The Labute approximate surface area is 119 Å². The normalized spacial score (nSPS) is 27.1. The molecule has 3 nitrogen and oxygen atoms in total. The second-order valence-corrected chi connectivity index (χ2v) is 5.88. The Morgan fingerprint density at radius 2 is 2.15 bits per heavy atom. The van der Waals surface area contributed by atoms with E-state index in [1.807, 2.05) is 6.07 Å². The first-order valence-electron chi connectivity index (χ1n) is 7.52.